The minimum Gasteiger partial charge on any atom is -0.342 e. The number of likely N-dealkylation sites (tertiary alicyclic amines) is 1. The number of nitrogens with zero attached hydrogens (tertiary/aromatic N) is 2. The third-order valence-corrected chi connectivity index (χ3v) is 4.82. The second-order valence-corrected chi connectivity index (χ2v) is 6.07. The Morgan fingerprint density at radius 1 is 1.29 bits per heavy atom. The zero-order valence-corrected chi connectivity index (χ0v) is 11.0. The molecule has 1 heterocycles. The summed E-state index contributed by atoms with van der Waals surface area (Å²) in [5.74, 6) is 2.76. The molecule has 2 atom stereocenters. The second-order valence-electron chi connectivity index (χ2n) is 5.08. The van der Waals surface area contributed by atoms with E-state index >= 15 is 0 Å². The summed E-state index contributed by atoms with van der Waals surface area (Å²) in [7, 11) is 0. The molecule has 1 saturated carbocycles. The number of amides is 1. The van der Waals surface area contributed by atoms with Gasteiger partial charge in [0, 0.05) is 13.1 Å². The lowest BCUT2D eigenvalue weighted by Crippen LogP contribution is -2.45. The van der Waals surface area contributed by atoms with Crippen molar-refractivity contribution < 1.29 is 4.79 Å². The Hall–Kier alpha value is -0.690. The molecule has 0 radical (unpaired) electrons. The van der Waals surface area contributed by atoms with Gasteiger partial charge >= 0.3 is 0 Å². The average Bonchev–Trinajstić information content (AvgIpc) is 2.38. The van der Waals surface area contributed by atoms with E-state index in [1.807, 2.05) is 4.90 Å². The Balaban J connectivity index is 1.79. The van der Waals surface area contributed by atoms with Crippen molar-refractivity contribution in [2.45, 2.75) is 32.1 Å². The number of carbonyl (C=O) groups is 1. The van der Waals surface area contributed by atoms with E-state index in [1.165, 1.54) is 43.9 Å². The van der Waals surface area contributed by atoms with Crippen molar-refractivity contribution in [3.8, 4) is 6.07 Å². The molecule has 0 aromatic rings. The molecule has 0 aromatic carbocycles. The molecule has 0 aromatic heterocycles. The lowest BCUT2D eigenvalue weighted by molar-refractivity contribution is -0.131. The number of piperidine rings is 1. The maximum absolute atomic E-state index is 11.9. The molecular weight excluding hydrogens is 232 g/mol. The fourth-order valence-electron chi connectivity index (χ4n) is 3.10. The van der Waals surface area contributed by atoms with Crippen molar-refractivity contribution in [3.63, 3.8) is 0 Å². The van der Waals surface area contributed by atoms with Crippen LogP contribution in [0.2, 0.25) is 0 Å². The molecule has 4 heteroatoms. The molecule has 2 rings (SSSR count). The van der Waals surface area contributed by atoms with E-state index in [1.54, 1.807) is 0 Å². The Bertz CT molecular complexity index is 313. The lowest BCUT2D eigenvalue weighted by Gasteiger charge is -2.41. The molecule has 2 aliphatic rings. The van der Waals surface area contributed by atoms with Gasteiger partial charge in [-0.3, -0.25) is 4.79 Å². The summed E-state index contributed by atoms with van der Waals surface area (Å²) >= 11 is 1.43. The minimum absolute atomic E-state index is 0.231. The van der Waals surface area contributed by atoms with Gasteiger partial charge in [-0.1, -0.05) is 19.3 Å². The molecule has 1 saturated heterocycles. The van der Waals surface area contributed by atoms with E-state index in [2.05, 4.69) is 6.07 Å². The van der Waals surface area contributed by atoms with Gasteiger partial charge in [0.05, 0.1) is 17.6 Å². The van der Waals surface area contributed by atoms with Gasteiger partial charge in [0.15, 0.2) is 0 Å². The van der Waals surface area contributed by atoms with Crippen LogP contribution in [0.4, 0.5) is 0 Å². The van der Waals surface area contributed by atoms with Gasteiger partial charge in [-0.25, -0.2) is 0 Å². The van der Waals surface area contributed by atoms with E-state index in [0.29, 0.717) is 11.5 Å². The predicted molar refractivity (Wildman–Crippen MR) is 69.6 cm³/mol. The minimum atomic E-state index is 0.231. The quantitative estimate of drug-likeness (QED) is 0.724. The molecule has 94 valence electrons. The van der Waals surface area contributed by atoms with Crippen LogP contribution < -0.4 is 0 Å². The van der Waals surface area contributed by atoms with E-state index in [9.17, 15) is 4.79 Å². The Kier molecular flexibility index (Phi) is 4.73. The summed E-state index contributed by atoms with van der Waals surface area (Å²) in [6.07, 6.45) is 6.59. The van der Waals surface area contributed by atoms with Crippen molar-refractivity contribution in [3.05, 3.63) is 0 Å². The standard InChI is InChI=1S/C13H20N2OS/c14-6-8-17-10-13(16)15-7-5-11-3-1-2-4-12(11)9-15/h11-12H,1-5,7-10H2/t11-,12+/m1/s1. The summed E-state index contributed by atoms with van der Waals surface area (Å²) in [5.41, 5.74) is 0. The Morgan fingerprint density at radius 2 is 2.06 bits per heavy atom. The normalized spacial score (nSPS) is 28.3. The van der Waals surface area contributed by atoms with Crippen LogP contribution in [0, 0.1) is 23.2 Å². The topological polar surface area (TPSA) is 44.1 Å². The number of nitriles is 1. The first kappa shape index (κ1) is 12.8. The lowest BCUT2D eigenvalue weighted by atomic mass is 9.75. The van der Waals surface area contributed by atoms with Crippen molar-refractivity contribution in [1.82, 2.24) is 4.90 Å². The van der Waals surface area contributed by atoms with Crippen molar-refractivity contribution in [2.24, 2.45) is 11.8 Å². The van der Waals surface area contributed by atoms with Crippen LogP contribution in [0.1, 0.15) is 32.1 Å². The number of rotatable bonds is 3. The monoisotopic (exact) mass is 252 g/mol. The summed E-state index contributed by atoms with van der Waals surface area (Å²) < 4.78 is 0. The number of carbonyl (C=O) groups excluding carboxylic acids is 1. The number of hydrogen-bond donors (Lipinski definition) is 0. The smallest absolute Gasteiger partial charge is 0.232 e. The molecule has 0 N–H and O–H groups in total. The summed E-state index contributed by atoms with van der Waals surface area (Å²) in [6, 6.07) is 2.06. The first-order chi connectivity index (χ1) is 8.31. The van der Waals surface area contributed by atoms with Crippen molar-refractivity contribution in [1.29, 1.82) is 5.26 Å². The highest BCUT2D eigenvalue weighted by molar-refractivity contribution is 8.00. The molecule has 2 fully saturated rings. The van der Waals surface area contributed by atoms with Crippen LogP contribution in [0.5, 0.6) is 0 Å². The zero-order valence-electron chi connectivity index (χ0n) is 10.2. The van der Waals surface area contributed by atoms with E-state index in [4.69, 9.17) is 5.26 Å². The zero-order chi connectivity index (χ0) is 12.1. The highest BCUT2D eigenvalue weighted by atomic mass is 32.2. The molecule has 1 amide bonds. The maximum atomic E-state index is 11.9. The maximum Gasteiger partial charge on any atom is 0.232 e. The molecule has 0 unspecified atom stereocenters. The van der Waals surface area contributed by atoms with Gasteiger partial charge < -0.3 is 4.90 Å². The Morgan fingerprint density at radius 3 is 2.82 bits per heavy atom. The van der Waals surface area contributed by atoms with Gasteiger partial charge in [-0.2, -0.15) is 5.26 Å². The molecule has 17 heavy (non-hydrogen) atoms. The van der Waals surface area contributed by atoms with Gasteiger partial charge in [0.2, 0.25) is 5.91 Å². The highest BCUT2D eigenvalue weighted by Crippen LogP contribution is 2.36. The number of thioether (sulfide) groups is 1. The third kappa shape index (κ3) is 3.38. The van der Waals surface area contributed by atoms with Crippen LogP contribution in [-0.2, 0) is 4.79 Å². The first-order valence-corrected chi connectivity index (χ1v) is 7.69. The summed E-state index contributed by atoms with van der Waals surface area (Å²) in [6.45, 7) is 1.91. The van der Waals surface area contributed by atoms with Gasteiger partial charge in [-0.05, 0) is 24.7 Å². The van der Waals surface area contributed by atoms with Crippen LogP contribution >= 0.6 is 11.8 Å². The number of fused-ring (bicyclic) bond motifs is 1. The highest BCUT2D eigenvalue weighted by Gasteiger charge is 2.32. The fraction of sp³-hybridized carbons (Fsp3) is 0.846. The molecule has 1 aliphatic carbocycles. The van der Waals surface area contributed by atoms with Crippen LogP contribution in [-0.4, -0.2) is 35.4 Å². The summed E-state index contributed by atoms with van der Waals surface area (Å²) in [4.78, 5) is 14.0. The predicted octanol–water partition coefficient (Wildman–Crippen LogP) is 2.28. The van der Waals surface area contributed by atoms with Gasteiger partial charge in [0.1, 0.15) is 0 Å². The van der Waals surface area contributed by atoms with Crippen molar-refractivity contribution in [2.75, 3.05) is 24.6 Å². The largest absolute Gasteiger partial charge is 0.342 e. The fourth-order valence-corrected chi connectivity index (χ4v) is 3.65. The van der Waals surface area contributed by atoms with Gasteiger partial charge in [0.25, 0.3) is 0 Å². The summed E-state index contributed by atoms with van der Waals surface area (Å²) in [5, 5.41) is 8.45. The van der Waals surface area contributed by atoms with E-state index in [-0.39, 0.29) is 5.91 Å². The molecule has 1 aliphatic heterocycles. The van der Waals surface area contributed by atoms with E-state index < -0.39 is 0 Å². The SMILES string of the molecule is N#CCSCC(=O)N1CC[C@H]2CCCC[C@H]2C1. The Labute approximate surface area is 108 Å². The van der Waals surface area contributed by atoms with Crippen molar-refractivity contribution >= 4 is 17.7 Å². The van der Waals surface area contributed by atoms with Crippen LogP contribution in [0.3, 0.4) is 0 Å². The van der Waals surface area contributed by atoms with Gasteiger partial charge in [-0.15, -0.1) is 11.8 Å². The third-order valence-electron chi connectivity index (χ3n) is 4.04. The molecule has 0 bridgehead atoms. The van der Waals surface area contributed by atoms with Crippen LogP contribution in [0.15, 0.2) is 0 Å². The molecular formula is C13H20N2OS. The number of hydrogen-bond acceptors (Lipinski definition) is 3. The first-order valence-electron chi connectivity index (χ1n) is 6.53. The molecule has 3 nitrogen and oxygen atoms in total. The average molecular weight is 252 g/mol. The second kappa shape index (κ2) is 6.30. The molecule has 0 spiro atoms. The van der Waals surface area contributed by atoms with E-state index in [0.717, 1.165) is 24.9 Å². The van der Waals surface area contributed by atoms with Crippen LogP contribution in [0.25, 0.3) is 0 Å².